The fourth-order valence-corrected chi connectivity index (χ4v) is 2.63. The Hall–Kier alpha value is -1.40. The summed E-state index contributed by atoms with van der Waals surface area (Å²) >= 11 is 0. The summed E-state index contributed by atoms with van der Waals surface area (Å²) in [5, 5.41) is 12.7. The minimum atomic E-state index is -0.694. The van der Waals surface area contributed by atoms with Crippen molar-refractivity contribution in [2.75, 3.05) is 20.2 Å². The SMILES string of the molecule is COCc1cc(CN2CCC(CCC(=O)O)CC2)no1. The van der Waals surface area contributed by atoms with Gasteiger partial charge in [0.2, 0.25) is 0 Å². The number of rotatable bonds is 7. The van der Waals surface area contributed by atoms with Crippen molar-refractivity contribution in [1.29, 1.82) is 0 Å². The zero-order chi connectivity index (χ0) is 14.4. The smallest absolute Gasteiger partial charge is 0.303 e. The van der Waals surface area contributed by atoms with Crippen LogP contribution in [0, 0.1) is 5.92 Å². The predicted octanol–water partition coefficient (Wildman–Crippen LogP) is 1.90. The summed E-state index contributed by atoms with van der Waals surface area (Å²) in [6.45, 7) is 3.23. The van der Waals surface area contributed by atoms with Crippen LogP contribution in [0.15, 0.2) is 10.6 Å². The largest absolute Gasteiger partial charge is 0.481 e. The first kappa shape index (κ1) is 15.0. The molecule has 1 aromatic heterocycles. The third-order valence-electron chi connectivity index (χ3n) is 3.75. The van der Waals surface area contributed by atoms with Gasteiger partial charge in [-0.1, -0.05) is 5.16 Å². The van der Waals surface area contributed by atoms with Crippen LogP contribution in [-0.4, -0.2) is 41.3 Å². The number of aromatic nitrogens is 1. The molecule has 0 atom stereocenters. The lowest BCUT2D eigenvalue weighted by molar-refractivity contribution is -0.137. The van der Waals surface area contributed by atoms with E-state index >= 15 is 0 Å². The van der Waals surface area contributed by atoms with Crippen molar-refractivity contribution in [2.45, 2.75) is 38.8 Å². The molecule has 0 saturated carbocycles. The molecule has 0 amide bonds. The maximum absolute atomic E-state index is 10.6. The summed E-state index contributed by atoms with van der Waals surface area (Å²) in [5.74, 6) is 0.600. The summed E-state index contributed by atoms with van der Waals surface area (Å²) in [6.07, 6.45) is 3.21. The van der Waals surface area contributed by atoms with Crippen LogP contribution in [0.4, 0.5) is 0 Å². The highest BCUT2D eigenvalue weighted by Gasteiger charge is 2.20. The number of hydrogen-bond acceptors (Lipinski definition) is 5. The number of carboxylic acids is 1. The van der Waals surface area contributed by atoms with Crippen molar-refractivity contribution >= 4 is 5.97 Å². The van der Waals surface area contributed by atoms with Gasteiger partial charge < -0.3 is 14.4 Å². The van der Waals surface area contributed by atoms with Gasteiger partial charge in [-0.25, -0.2) is 0 Å². The second-order valence-electron chi connectivity index (χ2n) is 5.37. The van der Waals surface area contributed by atoms with Crippen LogP contribution in [0.5, 0.6) is 0 Å². The first-order chi connectivity index (χ1) is 9.67. The first-order valence-corrected chi connectivity index (χ1v) is 7.05. The summed E-state index contributed by atoms with van der Waals surface area (Å²) in [4.78, 5) is 12.9. The Morgan fingerprint density at radius 1 is 1.55 bits per heavy atom. The molecule has 1 N–H and O–H groups in total. The van der Waals surface area contributed by atoms with Gasteiger partial charge in [-0.2, -0.15) is 0 Å². The molecule has 1 fully saturated rings. The number of carboxylic acid groups (broad SMARTS) is 1. The van der Waals surface area contributed by atoms with Crippen LogP contribution in [0.1, 0.15) is 37.1 Å². The van der Waals surface area contributed by atoms with Crippen molar-refractivity contribution in [3.8, 4) is 0 Å². The van der Waals surface area contributed by atoms with Crippen LogP contribution < -0.4 is 0 Å². The second kappa shape index (κ2) is 7.40. The summed E-state index contributed by atoms with van der Waals surface area (Å²) in [5.41, 5.74) is 0.932. The van der Waals surface area contributed by atoms with Crippen molar-refractivity contribution in [2.24, 2.45) is 5.92 Å². The molecule has 6 nitrogen and oxygen atoms in total. The standard InChI is InChI=1S/C14H22N2O4/c1-19-10-13-8-12(15-20-13)9-16-6-4-11(5-7-16)2-3-14(17)18/h8,11H,2-7,9-10H2,1H3,(H,17,18). The molecule has 2 rings (SSSR count). The first-order valence-electron chi connectivity index (χ1n) is 7.05. The molecular weight excluding hydrogens is 260 g/mol. The molecule has 20 heavy (non-hydrogen) atoms. The van der Waals surface area contributed by atoms with Crippen LogP contribution in [0.3, 0.4) is 0 Å². The molecule has 0 aliphatic carbocycles. The Labute approximate surface area is 118 Å². The molecule has 6 heteroatoms. The average Bonchev–Trinajstić information content (AvgIpc) is 2.86. The van der Waals surface area contributed by atoms with E-state index < -0.39 is 5.97 Å². The zero-order valence-electron chi connectivity index (χ0n) is 11.9. The highest BCUT2D eigenvalue weighted by molar-refractivity contribution is 5.66. The molecule has 0 unspecified atom stereocenters. The van der Waals surface area contributed by atoms with E-state index in [1.165, 1.54) is 0 Å². The maximum Gasteiger partial charge on any atom is 0.303 e. The number of hydrogen-bond donors (Lipinski definition) is 1. The molecule has 112 valence electrons. The molecule has 2 heterocycles. The monoisotopic (exact) mass is 282 g/mol. The zero-order valence-corrected chi connectivity index (χ0v) is 11.9. The number of methoxy groups -OCH3 is 1. The summed E-state index contributed by atoms with van der Waals surface area (Å²) in [6, 6.07) is 1.93. The fraction of sp³-hybridized carbons (Fsp3) is 0.714. The lowest BCUT2D eigenvalue weighted by Gasteiger charge is -2.31. The van der Waals surface area contributed by atoms with Gasteiger partial charge in [-0.05, 0) is 38.3 Å². The van der Waals surface area contributed by atoms with Gasteiger partial charge in [0, 0.05) is 26.1 Å². The van der Waals surface area contributed by atoms with E-state index in [-0.39, 0.29) is 6.42 Å². The highest BCUT2D eigenvalue weighted by Crippen LogP contribution is 2.23. The number of ether oxygens (including phenoxy) is 1. The van der Waals surface area contributed by atoms with Gasteiger partial charge >= 0.3 is 5.97 Å². The van der Waals surface area contributed by atoms with Gasteiger partial charge in [-0.15, -0.1) is 0 Å². The Bertz CT molecular complexity index is 425. The Balaban J connectivity index is 1.72. The van der Waals surface area contributed by atoms with Gasteiger partial charge in [-0.3, -0.25) is 9.69 Å². The molecule has 0 radical (unpaired) electrons. The molecule has 0 aromatic carbocycles. The number of nitrogens with zero attached hydrogens (tertiary/aromatic N) is 2. The van der Waals surface area contributed by atoms with E-state index in [1.54, 1.807) is 7.11 Å². The quantitative estimate of drug-likeness (QED) is 0.823. The lowest BCUT2D eigenvalue weighted by Crippen LogP contribution is -2.33. The van der Waals surface area contributed by atoms with Gasteiger partial charge in [0.25, 0.3) is 0 Å². The van der Waals surface area contributed by atoms with Crippen molar-refractivity contribution in [3.05, 3.63) is 17.5 Å². The van der Waals surface area contributed by atoms with Crippen LogP contribution in [0.25, 0.3) is 0 Å². The van der Waals surface area contributed by atoms with E-state index in [1.807, 2.05) is 6.07 Å². The minimum absolute atomic E-state index is 0.286. The molecular formula is C14H22N2O4. The van der Waals surface area contributed by atoms with Gasteiger partial charge in [0.1, 0.15) is 6.61 Å². The molecule has 1 aliphatic rings. The van der Waals surface area contributed by atoms with Crippen molar-refractivity contribution in [1.82, 2.24) is 10.1 Å². The molecule has 0 bridgehead atoms. The maximum atomic E-state index is 10.6. The molecule has 1 aromatic rings. The predicted molar refractivity (Wildman–Crippen MR) is 72.1 cm³/mol. The van der Waals surface area contributed by atoms with Crippen LogP contribution in [-0.2, 0) is 22.7 Å². The van der Waals surface area contributed by atoms with E-state index in [9.17, 15) is 4.79 Å². The Morgan fingerprint density at radius 3 is 2.95 bits per heavy atom. The minimum Gasteiger partial charge on any atom is -0.481 e. The molecule has 1 saturated heterocycles. The van der Waals surface area contributed by atoms with Gasteiger partial charge in [0.15, 0.2) is 5.76 Å². The van der Waals surface area contributed by atoms with Crippen molar-refractivity contribution in [3.63, 3.8) is 0 Å². The summed E-state index contributed by atoms with van der Waals surface area (Å²) < 4.78 is 10.2. The van der Waals surface area contributed by atoms with E-state index in [0.29, 0.717) is 12.5 Å². The van der Waals surface area contributed by atoms with E-state index in [2.05, 4.69) is 10.1 Å². The lowest BCUT2D eigenvalue weighted by atomic mass is 9.92. The third kappa shape index (κ3) is 4.61. The van der Waals surface area contributed by atoms with Crippen molar-refractivity contribution < 1.29 is 19.2 Å². The Kier molecular flexibility index (Phi) is 5.55. The number of aliphatic carboxylic acids is 1. The summed E-state index contributed by atoms with van der Waals surface area (Å²) in [7, 11) is 1.63. The molecule has 1 aliphatic heterocycles. The highest BCUT2D eigenvalue weighted by atomic mass is 16.5. The fourth-order valence-electron chi connectivity index (χ4n) is 2.63. The third-order valence-corrected chi connectivity index (χ3v) is 3.75. The normalized spacial score (nSPS) is 17.4. The molecule has 0 spiro atoms. The number of carbonyl (C=O) groups is 1. The van der Waals surface area contributed by atoms with E-state index in [0.717, 1.165) is 50.4 Å². The average molecular weight is 282 g/mol. The number of likely N-dealkylation sites (tertiary alicyclic amines) is 1. The topological polar surface area (TPSA) is 75.8 Å². The van der Waals surface area contributed by atoms with Gasteiger partial charge in [0.05, 0.1) is 5.69 Å². The number of piperidine rings is 1. The second-order valence-corrected chi connectivity index (χ2v) is 5.37. The van der Waals surface area contributed by atoms with E-state index in [4.69, 9.17) is 14.4 Å². The van der Waals surface area contributed by atoms with Crippen LogP contribution >= 0.6 is 0 Å². The van der Waals surface area contributed by atoms with Crippen LogP contribution in [0.2, 0.25) is 0 Å². The Morgan fingerprint density at radius 2 is 2.30 bits per heavy atom.